The lowest BCUT2D eigenvalue weighted by Crippen LogP contribution is -2.40. The number of benzene rings is 1. The molecule has 1 unspecified atom stereocenters. The van der Waals surface area contributed by atoms with Gasteiger partial charge in [-0.15, -0.1) is 0 Å². The van der Waals surface area contributed by atoms with Gasteiger partial charge in [-0.3, -0.25) is 4.90 Å². The Kier molecular flexibility index (Phi) is 6.29. The first-order valence-corrected chi connectivity index (χ1v) is 7.46. The van der Waals surface area contributed by atoms with Gasteiger partial charge < -0.3 is 14.2 Å². The van der Waals surface area contributed by atoms with E-state index >= 15 is 0 Å². The minimum Gasteiger partial charge on any atom is -0.435 e. The number of morpholine rings is 1. The number of nitrogens with zero attached hydrogens (tertiary/aromatic N) is 1. The Morgan fingerprint density at radius 3 is 2.86 bits per heavy atom. The van der Waals surface area contributed by atoms with Gasteiger partial charge in [0, 0.05) is 24.7 Å². The normalized spacial score (nSPS) is 19.2. The quantitative estimate of drug-likeness (QED) is 0.782. The van der Waals surface area contributed by atoms with Gasteiger partial charge in [-0.25, -0.2) is 4.79 Å². The molecule has 0 amide bonds. The molecule has 1 aromatic carbocycles. The van der Waals surface area contributed by atoms with Crippen LogP contribution < -0.4 is 0 Å². The zero-order valence-corrected chi connectivity index (χ0v) is 12.8. The number of rotatable bonds is 5. The molecule has 2 rings (SSSR count). The van der Waals surface area contributed by atoms with Crippen LogP contribution in [0.25, 0.3) is 0 Å². The molecular weight excluding hydrogens is 294 g/mol. The lowest BCUT2D eigenvalue weighted by atomic mass is 10.1. The number of carbonyl (C=O) groups is 1. The molecule has 1 aliphatic rings. The Labute approximate surface area is 129 Å². The van der Waals surface area contributed by atoms with Crippen LogP contribution in [0.3, 0.4) is 0 Å². The van der Waals surface area contributed by atoms with Crippen molar-refractivity contribution in [2.24, 2.45) is 0 Å². The van der Waals surface area contributed by atoms with Crippen LogP contribution in [0.2, 0.25) is 5.02 Å². The highest BCUT2D eigenvalue weighted by Gasteiger charge is 2.22. The Morgan fingerprint density at radius 2 is 2.14 bits per heavy atom. The first kappa shape index (κ1) is 16.1. The van der Waals surface area contributed by atoms with Crippen molar-refractivity contribution in [1.82, 2.24) is 4.90 Å². The number of halogens is 1. The zero-order valence-electron chi connectivity index (χ0n) is 12.1. The highest BCUT2D eigenvalue weighted by molar-refractivity contribution is 6.30. The predicted molar refractivity (Wildman–Crippen MR) is 79.6 cm³/mol. The maximum absolute atomic E-state index is 11.1. The number of ether oxygens (including phenoxy) is 3. The van der Waals surface area contributed by atoms with Gasteiger partial charge in [0.25, 0.3) is 0 Å². The third kappa shape index (κ3) is 5.19. The van der Waals surface area contributed by atoms with Gasteiger partial charge >= 0.3 is 6.16 Å². The van der Waals surface area contributed by atoms with E-state index in [1.807, 2.05) is 24.3 Å². The standard InChI is InChI=1S/C15H20ClNO4/c1-2-19-15(18)21-10-8-17-7-9-20-14(11-17)12-3-5-13(16)6-4-12/h3-6,14H,2,7-11H2,1H3. The van der Waals surface area contributed by atoms with E-state index in [0.717, 1.165) is 18.7 Å². The van der Waals surface area contributed by atoms with E-state index in [9.17, 15) is 4.79 Å². The summed E-state index contributed by atoms with van der Waals surface area (Å²) in [6.45, 7) is 5.34. The molecule has 1 saturated heterocycles. The van der Waals surface area contributed by atoms with Gasteiger partial charge in [0.05, 0.1) is 19.3 Å². The zero-order chi connectivity index (χ0) is 15.1. The number of hydrogen-bond donors (Lipinski definition) is 0. The molecule has 1 atom stereocenters. The lowest BCUT2D eigenvalue weighted by Gasteiger charge is -2.32. The summed E-state index contributed by atoms with van der Waals surface area (Å²) >= 11 is 5.89. The van der Waals surface area contributed by atoms with Crippen LogP contribution in [0.5, 0.6) is 0 Å². The molecule has 21 heavy (non-hydrogen) atoms. The SMILES string of the molecule is CCOC(=O)OCCN1CCOC(c2ccc(Cl)cc2)C1. The number of hydrogen-bond acceptors (Lipinski definition) is 5. The van der Waals surface area contributed by atoms with Crippen LogP contribution in [-0.4, -0.2) is 50.5 Å². The third-order valence-corrected chi connectivity index (χ3v) is 3.53. The average Bonchev–Trinajstić information content (AvgIpc) is 2.48. The predicted octanol–water partition coefficient (Wildman–Crippen LogP) is 2.89. The fraction of sp³-hybridized carbons (Fsp3) is 0.533. The molecular formula is C15H20ClNO4. The van der Waals surface area contributed by atoms with E-state index in [-0.39, 0.29) is 6.10 Å². The summed E-state index contributed by atoms with van der Waals surface area (Å²) in [6.07, 6.45) is -0.585. The molecule has 5 nitrogen and oxygen atoms in total. The number of carbonyl (C=O) groups excluding carboxylic acids is 1. The van der Waals surface area contributed by atoms with Crippen molar-refractivity contribution in [1.29, 1.82) is 0 Å². The Balaban J connectivity index is 1.78. The van der Waals surface area contributed by atoms with Gasteiger partial charge in [-0.2, -0.15) is 0 Å². The van der Waals surface area contributed by atoms with Gasteiger partial charge in [-0.1, -0.05) is 23.7 Å². The summed E-state index contributed by atoms with van der Waals surface area (Å²) < 4.78 is 15.5. The van der Waals surface area contributed by atoms with Crippen molar-refractivity contribution in [3.05, 3.63) is 34.9 Å². The van der Waals surface area contributed by atoms with Crippen LogP contribution >= 0.6 is 11.6 Å². The van der Waals surface area contributed by atoms with Crippen molar-refractivity contribution in [3.8, 4) is 0 Å². The van der Waals surface area contributed by atoms with E-state index < -0.39 is 6.16 Å². The van der Waals surface area contributed by atoms with Crippen molar-refractivity contribution in [2.45, 2.75) is 13.0 Å². The smallest absolute Gasteiger partial charge is 0.435 e. The molecule has 116 valence electrons. The molecule has 0 aliphatic carbocycles. The van der Waals surface area contributed by atoms with Crippen LogP contribution in [0.4, 0.5) is 4.79 Å². The molecule has 0 bridgehead atoms. The molecule has 0 radical (unpaired) electrons. The van der Waals surface area contributed by atoms with Crippen molar-refractivity contribution >= 4 is 17.8 Å². The monoisotopic (exact) mass is 313 g/mol. The summed E-state index contributed by atoms with van der Waals surface area (Å²) in [5.41, 5.74) is 1.11. The van der Waals surface area contributed by atoms with Gasteiger partial charge in [0.1, 0.15) is 6.61 Å². The molecule has 0 saturated carbocycles. The van der Waals surface area contributed by atoms with Gasteiger partial charge in [0.15, 0.2) is 0 Å². The minimum atomic E-state index is -0.611. The Bertz CT molecular complexity index is 451. The average molecular weight is 314 g/mol. The van der Waals surface area contributed by atoms with Gasteiger partial charge in [-0.05, 0) is 24.6 Å². The minimum absolute atomic E-state index is 0.0265. The van der Waals surface area contributed by atoms with Crippen molar-refractivity contribution < 1.29 is 19.0 Å². The highest BCUT2D eigenvalue weighted by atomic mass is 35.5. The van der Waals surface area contributed by atoms with E-state index in [1.165, 1.54) is 0 Å². The van der Waals surface area contributed by atoms with Crippen LogP contribution in [0, 0.1) is 0 Å². The molecule has 1 aromatic rings. The van der Waals surface area contributed by atoms with Crippen LogP contribution in [0.1, 0.15) is 18.6 Å². The molecule has 0 spiro atoms. The summed E-state index contributed by atoms with van der Waals surface area (Å²) in [4.78, 5) is 13.3. The second-order valence-electron chi connectivity index (χ2n) is 4.74. The van der Waals surface area contributed by atoms with Gasteiger partial charge in [0.2, 0.25) is 0 Å². The summed E-state index contributed by atoms with van der Waals surface area (Å²) in [7, 11) is 0. The highest BCUT2D eigenvalue weighted by Crippen LogP contribution is 2.23. The second-order valence-corrected chi connectivity index (χ2v) is 5.18. The third-order valence-electron chi connectivity index (χ3n) is 3.28. The molecule has 1 aliphatic heterocycles. The molecule has 1 heterocycles. The summed E-state index contributed by atoms with van der Waals surface area (Å²) in [5.74, 6) is 0. The molecule has 6 heteroatoms. The first-order valence-electron chi connectivity index (χ1n) is 7.08. The second kappa shape index (κ2) is 8.22. The largest absolute Gasteiger partial charge is 0.508 e. The van der Waals surface area contributed by atoms with Crippen molar-refractivity contribution in [3.63, 3.8) is 0 Å². The Hall–Kier alpha value is -1.30. The molecule has 0 aromatic heterocycles. The van der Waals surface area contributed by atoms with E-state index in [4.69, 9.17) is 25.8 Å². The fourth-order valence-electron chi connectivity index (χ4n) is 2.20. The Morgan fingerprint density at radius 1 is 1.38 bits per heavy atom. The topological polar surface area (TPSA) is 48.0 Å². The van der Waals surface area contributed by atoms with Crippen LogP contribution in [-0.2, 0) is 14.2 Å². The maximum atomic E-state index is 11.1. The molecule has 0 N–H and O–H groups in total. The van der Waals surface area contributed by atoms with Crippen molar-refractivity contribution in [2.75, 3.05) is 39.5 Å². The first-order chi connectivity index (χ1) is 10.2. The van der Waals surface area contributed by atoms with E-state index in [0.29, 0.717) is 31.4 Å². The van der Waals surface area contributed by atoms with E-state index in [2.05, 4.69) is 4.90 Å². The van der Waals surface area contributed by atoms with Crippen LogP contribution in [0.15, 0.2) is 24.3 Å². The fourth-order valence-corrected chi connectivity index (χ4v) is 2.33. The maximum Gasteiger partial charge on any atom is 0.508 e. The summed E-state index contributed by atoms with van der Waals surface area (Å²) in [5, 5.41) is 0.717. The summed E-state index contributed by atoms with van der Waals surface area (Å²) in [6, 6.07) is 7.68. The molecule has 1 fully saturated rings. The van der Waals surface area contributed by atoms with E-state index in [1.54, 1.807) is 6.92 Å². The lowest BCUT2D eigenvalue weighted by molar-refractivity contribution is -0.0368.